The van der Waals surface area contributed by atoms with Crippen molar-refractivity contribution in [1.29, 1.82) is 0 Å². The Bertz CT molecular complexity index is 73.5. The third-order valence-electron chi connectivity index (χ3n) is 0.962. The molecule has 0 aromatic carbocycles. The Hall–Kier alpha value is 0.00247. The first-order valence-corrected chi connectivity index (χ1v) is 2.88. The van der Waals surface area contributed by atoms with Gasteiger partial charge in [-0.2, -0.15) is 0 Å². The van der Waals surface area contributed by atoms with Crippen molar-refractivity contribution in [2.45, 2.75) is 26.2 Å². The molecule has 0 atom stereocenters. The quantitative estimate of drug-likeness (QED) is 0.419. The average molecular weight is 146 g/mol. The van der Waals surface area contributed by atoms with Gasteiger partial charge in [-0.25, -0.2) is 0 Å². The summed E-state index contributed by atoms with van der Waals surface area (Å²) < 4.78 is 4.41. The third kappa shape index (κ3) is 8.00. The van der Waals surface area contributed by atoms with Gasteiger partial charge in [0.25, 0.3) is 0 Å². The summed E-state index contributed by atoms with van der Waals surface area (Å²) in [6.07, 6.45) is 2.55. The standard InChI is InChI=1S/C6H12O2.Al.3H/c1-3-4-5-6(7)8-2;;;;/h3-5H2,1-2H3;;;;. The number of hydrogen-bond acceptors (Lipinski definition) is 2. The van der Waals surface area contributed by atoms with Crippen molar-refractivity contribution in [2.75, 3.05) is 7.11 Å². The van der Waals surface area contributed by atoms with Crippen molar-refractivity contribution in [2.24, 2.45) is 0 Å². The van der Waals surface area contributed by atoms with E-state index in [4.69, 9.17) is 0 Å². The predicted molar refractivity (Wildman–Crippen MR) is 41.5 cm³/mol. The normalized spacial score (nSPS) is 7.78. The highest BCUT2D eigenvalue weighted by atomic mass is 27.0. The van der Waals surface area contributed by atoms with Crippen LogP contribution in [-0.2, 0) is 9.53 Å². The van der Waals surface area contributed by atoms with E-state index in [-0.39, 0.29) is 23.3 Å². The van der Waals surface area contributed by atoms with Gasteiger partial charge in [-0.3, -0.25) is 4.79 Å². The lowest BCUT2D eigenvalue weighted by molar-refractivity contribution is -0.140. The molecule has 0 aromatic heterocycles. The van der Waals surface area contributed by atoms with Gasteiger partial charge in [0.2, 0.25) is 0 Å². The minimum atomic E-state index is -0.105. The molecule has 0 aliphatic carbocycles. The first-order chi connectivity index (χ1) is 3.81. The Morgan fingerprint density at radius 3 is 2.44 bits per heavy atom. The Labute approximate surface area is 66.7 Å². The molecule has 0 unspecified atom stereocenters. The van der Waals surface area contributed by atoms with E-state index in [1.165, 1.54) is 7.11 Å². The predicted octanol–water partition coefficient (Wildman–Crippen LogP) is 0.166. The van der Waals surface area contributed by atoms with E-state index in [2.05, 4.69) is 4.74 Å². The first-order valence-electron chi connectivity index (χ1n) is 2.88. The van der Waals surface area contributed by atoms with Crippen LogP contribution in [0.2, 0.25) is 0 Å². The second kappa shape index (κ2) is 8.00. The molecule has 3 heteroatoms. The highest BCUT2D eigenvalue weighted by Gasteiger charge is 1.95. The lowest BCUT2D eigenvalue weighted by Gasteiger charge is -1.93. The van der Waals surface area contributed by atoms with Crippen molar-refractivity contribution in [3.8, 4) is 0 Å². The SMILES string of the molecule is CCCCC(=O)OC.[AlH3]. The van der Waals surface area contributed by atoms with Crippen molar-refractivity contribution in [3.63, 3.8) is 0 Å². The van der Waals surface area contributed by atoms with Crippen molar-refractivity contribution < 1.29 is 9.53 Å². The molecule has 0 aromatic rings. The van der Waals surface area contributed by atoms with Crippen LogP contribution in [0.4, 0.5) is 0 Å². The number of ether oxygens (including phenoxy) is 1. The minimum Gasteiger partial charge on any atom is -0.469 e. The summed E-state index contributed by atoms with van der Waals surface area (Å²) in [7, 11) is 1.41. The van der Waals surface area contributed by atoms with Crippen LogP contribution in [0, 0.1) is 0 Å². The van der Waals surface area contributed by atoms with Gasteiger partial charge < -0.3 is 4.74 Å². The number of methoxy groups -OCH3 is 1. The second-order valence-corrected chi connectivity index (χ2v) is 1.68. The smallest absolute Gasteiger partial charge is 0.305 e. The lowest BCUT2D eigenvalue weighted by Crippen LogP contribution is -1.98. The molecule has 0 saturated carbocycles. The zero-order valence-corrected chi connectivity index (χ0v) is 5.44. The van der Waals surface area contributed by atoms with Crippen LogP contribution in [0.25, 0.3) is 0 Å². The van der Waals surface area contributed by atoms with Crippen molar-refractivity contribution in [3.05, 3.63) is 0 Å². The van der Waals surface area contributed by atoms with E-state index >= 15 is 0 Å². The highest BCUT2D eigenvalue weighted by molar-refractivity contribution is 5.75. The van der Waals surface area contributed by atoms with Gasteiger partial charge >= 0.3 is 5.97 Å². The van der Waals surface area contributed by atoms with Gasteiger partial charge in [0.05, 0.1) is 7.11 Å². The second-order valence-electron chi connectivity index (χ2n) is 1.68. The van der Waals surface area contributed by atoms with Crippen LogP contribution in [0.3, 0.4) is 0 Å². The molecule has 0 saturated heterocycles. The largest absolute Gasteiger partial charge is 0.469 e. The van der Waals surface area contributed by atoms with E-state index in [0.29, 0.717) is 6.42 Å². The maximum atomic E-state index is 10.3. The van der Waals surface area contributed by atoms with Crippen LogP contribution in [0.5, 0.6) is 0 Å². The number of esters is 1. The average Bonchev–Trinajstić information content (AvgIpc) is 1.83. The van der Waals surface area contributed by atoms with E-state index in [9.17, 15) is 4.79 Å². The number of carbonyl (C=O) groups is 1. The Balaban J connectivity index is 0. The molecule has 0 aliphatic heterocycles. The minimum absolute atomic E-state index is 0. The molecule has 0 spiro atoms. The first kappa shape index (κ1) is 11.8. The number of unbranched alkanes of at least 4 members (excludes halogenated alkanes) is 1. The molecule has 0 aliphatic rings. The number of hydrogen-bond donors (Lipinski definition) is 0. The van der Waals surface area contributed by atoms with Gasteiger partial charge in [0.15, 0.2) is 17.4 Å². The van der Waals surface area contributed by atoms with Crippen LogP contribution in [0.15, 0.2) is 0 Å². The van der Waals surface area contributed by atoms with Crippen molar-refractivity contribution >= 4 is 23.3 Å². The van der Waals surface area contributed by atoms with Gasteiger partial charge in [0.1, 0.15) is 0 Å². The van der Waals surface area contributed by atoms with Crippen LogP contribution >= 0.6 is 0 Å². The van der Waals surface area contributed by atoms with Crippen LogP contribution < -0.4 is 0 Å². The molecule has 0 rings (SSSR count). The monoisotopic (exact) mass is 146 g/mol. The molecule has 0 fully saturated rings. The zero-order valence-electron chi connectivity index (χ0n) is 5.44. The molecule has 0 radical (unpaired) electrons. The van der Waals surface area contributed by atoms with Gasteiger partial charge in [0, 0.05) is 6.42 Å². The summed E-state index contributed by atoms with van der Waals surface area (Å²) in [6, 6.07) is 0. The Kier molecular flexibility index (Phi) is 10.5. The Morgan fingerprint density at radius 1 is 1.56 bits per heavy atom. The van der Waals surface area contributed by atoms with E-state index < -0.39 is 0 Å². The highest BCUT2D eigenvalue weighted by Crippen LogP contribution is 1.94. The fraction of sp³-hybridized carbons (Fsp3) is 0.833. The van der Waals surface area contributed by atoms with Gasteiger partial charge in [-0.1, -0.05) is 13.3 Å². The molecule has 0 bridgehead atoms. The molecular weight excluding hydrogens is 131 g/mol. The summed E-state index contributed by atoms with van der Waals surface area (Å²) in [5.41, 5.74) is 0. The fourth-order valence-corrected chi connectivity index (χ4v) is 0.423. The summed E-state index contributed by atoms with van der Waals surface area (Å²) in [5, 5.41) is 0. The van der Waals surface area contributed by atoms with Crippen LogP contribution in [0.1, 0.15) is 26.2 Å². The topological polar surface area (TPSA) is 26.3 Å². The van der Waals surface area contributed by atoms with Crippen LogP contribution in [-0.4, -0.2) is 30.4 Å². The van der Waals surface area contributed by atoms with Crippen molar-refractivity contribution in [1.82, 2.24) is 0 Å². The Morgan fingerprint density at radius 2 is 2.11 bits per heavy atom. The number of rotatable bonds is 3. The summed E-state index contributed by atoms with van der Waals surface area (Å²) >= 11 is 0. The molecule has 0 N–H and O–H groups in total. The maximum absolute atomic E-state index is 10.3. The van der Waals surface area contributed by atoms with E-state index in [1.54, 1.807) is 0 Å². The molecule has 0 amide bonds. The molecule has 0 heterocycles. The maximum Gasteiger partial charge on any atom is 0.305 e. The summed E-state index contributed by atoms with van der Waals surface area (Å²) in [5.74, 6) is -0.105. The number of carbonyl (C=O) groups excluding carboxylic acids is 1. The fourth-order valence-electron chi connectivity index (χ4n) is 0.423. The lowest BCUT2D eigenvalue weighted by atomic mass is 10.3. The molecule has 54 valence electrons. The molecular formula is C6H15AlO2. The summed E-state index contributed by atoms with van der Waals surface area (Å²) in [4.78, 5) is 10.3. The molecule has 9 heavy (non-hydrogen) atoms. The van der Waals surface area contributed by atoms with E-state index in [1.807, 2.05) is 6.92 Å². The third-order valence-corrected chi connectivity index (χ3v) is 0.962. The van der Waals surface area contributed by atoms with E-state index in [0.717, 1.165) is 12.8 Å². The summed E-state index contributed by atoms with van der Waals surface area (Å²) in [6.45, 7) is 2.04. The van der Waals surface area contributed by atoms with Gasteiger partial charge in [-0.05, 0) is 6.42 Å². The van der Waals surface area contributed by atoms with Gasteiger partial charge in [-0.15, -0.1) is 0 Å². The zero-order chi connectivity index (χ0) is 6.41. The molecule has 2 nitrogen and oxygen atoms in total.